The van der Waals surface area contributed by atoms with E-state index in [2.05, 4.69) is 15.2 Å². The van der Waals surface area contributed by atoms with Crippen LogP contribution in [-0.4, -0.2) is 39.1 Å². The molecule has 0 saturated carbocycles. The predicted octanol–water partition coefficient (Wildman–Crippen LogP) is 3.90. The van der Waals surface area contributed by atoms with E-state index in [1.54, 1.807) is 36.7 Å². The average Bonchev–Trinajstić information content (AvgIpc) is 3.52. The summed E-state index contributed by atoms with van der Waals surface area (Å²) in [5, 5.41) is 14.3. The van der Waals surface area contributed by atoms with Crippen molar-refractivity contribution in [2.24, 2.45) is 5.92 Å². The smallest absolute Gasteiger partial charge is 0.269 e. The van der Waals surface area contributed by atoms with E-state index in [4.69, 9.17) is 0 Å². The Kier molecular flexibility index (Phi) is 4.60. The zero-order valence-corrected chi connectivity index (χ0v) is 18.3. The van der Waals surface area contributed by atoms with Crippen molar-refractivity contribution in [3.05, 3.63) is 99.9 Å². The van der Waals surface area contributed by atoms with Crippen molar-refractivity contribution in [1.29, 1.82) is 0 Å². The van der Waals surface area contributed by atoms with Gasteiger partial charge >= 0.3 is 0 Å². The maximum absolute atomic E-state index is 14.2. The number of benzene rings is 2. The third-order valence-electron chi connectivity index (χ3n) is 7.63. The van der Waals surface area contributed by atoms with Crippen molar-refractivity contribution < 1.29 is 14.5 Å². The highest BCUT2D eigenvalue weighted by Gasteiger charge is 2.69. The Balaban J connectivity index is 1.59. The number of nitrogens with one attached hydrogen (secondary N) is 1. The highest BCUT2D eigenvalue weighted by atomic mass is 16.6. The van der Waals surface area contributed by atoms with E-state index < -0.39 is 16.4 Å². The molecule has 3 aliphatic rings. The minimum atomic E-state index is -1.14. The maximum atomic E-state index is 14.2. The van der Waals surface area contributed by atoms with Crippen LogP contribution < -0.4 is 5.32 Å². The van der Waals surface area contributed by atoms with Gasteiger partial charge in [0.2, 0.25) is 5.91 Å². The number of aromatic nitrogens is 1. The molecule has 1 N–H and O–H groups in total. The second kappa shape index (κ2) is 7.56. The lowest BCUT2D eigenvalue weighted by Crippen LogP contribution is -2.52. The number of hydrogen-bond acceptors (Lipinski definition) is 6. The molecule has 170 valence electrons. The molecule has 4 heterocycles. The number of Topliss-reactive ketones (excluding diaryl/α,β-unsaturated/α-hetero) is 1. The highest BCUT2D eigenvalue weighted by molar-refractivity contribution is 6.12. The number of hydrogen-bond donors (Lipinski definition) is 1. The van der Waals surface area contributed by atoms with Crippen molar-refractivity contribution in [2.75, 3.05) is 11.9 Å². The molecule has 6 rings (SSSR count). The quantitative estimate of drug-likeness (QED) is 0.364. The normalized spacial score (nSPS) is 27.4. The third kappa shape index (κ3) is 2.72. The van der Waals surface area contributed by atoms with Crippen molar-refractivity contribution in [1.82, 2.24) is 9.88 Å². The fraction of sp³-hybridized carbons (Fsp3) is 0.269. The predicted molar refractivity (Wildman–Crippen MR) is 124 cm³/mol. The van der Waals surface area contributed by atoms with Gasteiger partial charge in [-0.15, -0.1) is 0 Å². The number of nitro benzene ring substituents is 1. The number of carbonyl (C=O) groups is 2. The summed E-state index contributed by atoms with van der Waals surface area (Å²) in [6.45, 7) is 0.701. The van der Waals surface area contributed by atoms with Crippen LogP contribution in [0, 0.1) is 16.0 Å². The SMILES string of the molecule is O=C(c1cccnc1)C1C(c2ccc([N+](=O)[O-])cc2)C2CCCN2[C@@]12C(=O)Nc1ccccc12. The van der Waals surface area contributed by atoms with E-state index in [-0.39, 0.29) is 29.3 Å². The molecule has 1 spiro atoms. The Bertz CT molecular complexity index is 1310. The molecule has 3 aliphatic heterocycles. The summed E-state index contributed by atoms with van der Waals surface area (Å²) in [5.74, 6) is -1.33. The first-order valence-electron chi connectivity index (χ1n) is 11.4. The minimum absolute atomic E-state index is 0.00108. The number of ketones is 1. The molecule has 2 saturated heterocycles. The lowest BCUT2D eigenvalue weighted by molar-refractivity contribution is -0.384. The van der Waals surface area contributed by atoms with Crippen LogP contribution in [0.3, 0.4) is 0 Å². The summed E-state index contributed by atoms with van der Waals surface area (Å²) in [6.07, 6.45) is 4.92. The Morgan fingerprint density at radius 2 is 1.91 bits per heavy atom. The van der Waals surface area contributed by atoms with Gasteiger partial charge in [0.25, 0.3) is 5.69 Å². The molecule has 34 heavy (non-hydrogen) atoms. The van der Waals surface area contributed by atoms with Gasteiger partial charge < -0.3 is 5.32 Å². The largest absolute Gasteiger partial charge is 0.324 e. The van der Waals surface area contributed by atoms with E-state index in [9.17, 15) is 19.7 Å². The third-order valence-corrected chi connectivity index (χ3v) is 7.63. The number of pyridine rings is 1. The highest BCUT2D eigenvalue weighted by Crippen LogP contribution is 2.61. The number of non-ortho nitro benzene ring substituents is 1. The van der Waals surface area contributed by atoms with Gasteiger partial charge in [-0.05, 0) is 43.1 Å². The molecule has 2 aromatic carbocycles. The number of nitrogens with zero attached hydrogens (tertiary/aromatic N) is 3. The summed E-state index contributed by atoms with van der Waals surface area (Å²) in [6, 6.07) is 17.4. The Morgan fingerprint density at radius 3 is 2.65 bits per heavy atom. The number of carbonyl (C=O) groups excluding carboxylic acids is 2. The Labute approximate surface area is 195 Å². The summed E-state index contributed by atoms with van der Waals surface area (Å²) < 4.78 is 0. The lowest BCUT2D eigenvalue weighted by atomic mass is 9.69. The second-order valence-electron chi connectivity index (χ2n) is 9.13. The van der Waals surface area contributed by atoms with E-state index in [0.29, 0.717) is 12.1 Å². The van der Waals surface area contributed by atoms with Crippen molar-refractivity contribution in [3.8, 4) is 0 Å². The molecule has 4 atom stereocenters. The summed E-state index contributed by atoms with van der Waals surface area (Å²) in [4.78, 5) is 45.2. The first kappa shape index (κ1) is 20.7. The molecule has 8 nitrogen and oxygen atoms in total. The number of para-hydroxylation sites is 1. The number of rotatable bonds is 4. The van der Waals surface area contributed by atoms with Crippen molar-refractivity contribution in [2.45, 2.75) is 30.3 Å². The van der Waals surface area contributed by atoms with Crippen LogP contribution in [0.25, 0.3) is 0 Å². The van der Waals surface area contributed by atoms with Gasteiger partial charge in [0, 0.05) is 53.3 Å². The van der Waals surface area contributed by atoms with Gasteiger partial charge in [0.15, 0.2) is 5.78 Å². The van der Waals surface area contributed by atoms with E-state index in [0.717, 1.165) is 29.7 Å². The van der Waals surface area contributed by atoms with E-state index in [1.165, 1.54) is 12.1 Å². The molecule has 1 amide bonds. The average molecular weight is 454 g/mol. The van der Waals surface area contributed by atoms with Crippen molar-refractivity contribution in [3.63, 3.8) is 0 Å². The lowest BCUT2D eigenvalue weighted by Gasteiger charge is -2.36. The molecule has 0 aliphatic carbocycles. The first-order valence-corrected chi connectivity index (χ1v) is 11.4. The molecule has 1 aromatic heterocycles. The minimum Gasteiger partial charge on any atom is -0.324 e. The Hall–Kier alpha value is -3.91. The summed E-state index contributed by atoms with van der Waals surface area (Å²) >= 11 is 0. The van der Waals surface area contributed by atoms with Gasteiger partial charge in [0.1, 0.15) is 5.54 Å². The number of anilines is 1. The van der Waals surface area contributed by atoms with Gasteiger partial charge in [-0.2, -0.15) is 0 Å². The van der Waals surface area contributed by atoms with Crippen LogP contribution in [0.5, 0.6) is 0 Å². The molecule has 3 aromatic rings. The van der Waals surface area contributed by atoms with E-state index in [1.807, 2.05) is 24.3 Å². The molecular weight excluding hydrogens is 432 g/mol. The topological polar surface area (TPSA) is 105 Å². The molecule has 0 radical (unpaired) electrons. The van der Waals surface area contributed by atoms with Crippen LogP contribution in [0.1, 0.15) is 40.2 Å². The zero-order chi connectivity index (χ0) is 23.4. The van der Waals surface area contributed by atoms with Gasteiger partial charge in [-0.25, -0.2) is 0 Å². The van der Waals surface area contributed by atoms with Crippen molar-refractivity contribution >= 4 is 23.1 Å². The fourth-order valence-electron chi connectivity index (χ4n) is 6.40. The second-order valence-corrected chi connectivity index (χ2v) is 9.13. The van der Waals surface area contributed by atoms with Crippen LogP contribution >= 0.6 is 0 Å². The maximum Gasteiger partial charge on any atom is 0.269 e. The van der Waals surface area contributed by atoms with Crippen LogP contribution in [-0.2, 0) is 10.3 Å². The van der Waals surface area contributed by atoms with E-state index >= 15 is 0 Å². The monoisotopic (exact) mass is 454 g/mol. The number of amides is 1. The molecule has 8 heteroatoms. The molecule has 3 unspecified atom stereocenters. The summed E-state index contributed by atoms with van der Waals surface area (Å²) in [5.41, 5.74) is 1.69. The van der Waals surface area contributed by atoms with Gasteiger partial charge in [-0.3, -0.25) is 29.6 Å². The zero-order valence-electron chi connectivity index (χ0n) is 18.3. The van der Waals surface area contributed by atoms with Gasteiger partial charge in [0.05, 0.1) is 10.8 Å². The first-order chi connectivity index (χ1) is 16.5. The van der Waals surface area contributed by atoms with Crippen LogP contribution in [0.4, 0.5) is 11.4 Å². The molecule has 0 bridgehead atoms. The summed E-state index contributed by atoms with van der Waals surface area (Å²) in [7, 11) is 0. The van der Waals surface area contributed by atoms with Crippen LogP contribution in [0.15, 0.2) is 73.1 Å². The number of nitro groups is 1. The molecule has 2 fully saturated rings. The standard InChI is InChI=1S/C26H22N4O4/c31-24(17-5-3-13-27-15-17)23-22(16-9-11-18(12-10-16)30(33)34)21-8-4-14-29(21)26(23)19-6-1-2-7-20(19)28-25(26)32/h1-3,5-7,9-13,15,21-23H,4,8,14H2,(H,28,32)/t21?,22?,23?,26-/m1/s1. The fourth-order valence-corrected chi connectivity index (χ4v) is 6.40. The van der Waals surface area contributed by atoms with Gasteiger partial charge in [-0.1, -0.05) is 30.3 Å². The number of fused-ring (bicyclic) bond motifs is 4. The van der Waals surface area contributed by atoms with Crippen LogP contribution in [0.2, 0.25) is 0 Å². The Morgan fingerprint density at radius 1 is 1.12 bits per heavy atom. The molecular formula is C26H22N4O4.